The van der Waals surface area contributed by atoms with Crippen LogP contribution in [0.25, 0.3) is 0 Å². The molecule has 0 aromatic carbocycles. The lowest BCUT2D eigenvalue weighted by Gasteiger charge is -2.14. The highest BCUT2D eigenvalue weighted by Gasteiger charge is 2.41. The van der Waals surface area contributed by atoms with E-state index in [1.807, 2.05) is 6.07 Å². The Morgan fingerprint density at radius 3 is 2.71 bits per heavy atom. The van der Waals surface area contributed by atoms with E-state index in [9.17, 15) is 4.79 Å². The number of carbonyl (C=O) groups excluding carboxylic acids is 1. The maximum atomic E-state index is 11.9. The van der Waals surface area contributed by atoms with Crippen molar-refractivity contribution in [3.05, 3.63) is 19.2 Å². The third kappa shape index (κ3) is 3.30. The zero-order valence-corrected chi connectivity index (χ0v) is 13.1. The Balaban J connectivity index is 1.92. The quantitative estimate of drug-likeness (QED) is 0.821. The minimum atomic E-state index is -0.0527. The summed E-state index contributed by atoms with van der Waals surface area (Å²) in [4.78, 5) is 11.9. The Morgan fingerprint density at radius 1 is 1.53 bits per heavy atom. The van der Waals surface area contributed by atoms with Crippen LogP contribution in [0, 0.1) is 5.41 Å². The number of rotatable bonds is 5. The van der Waals surface area contributed by atoms with Crippen molar-refractivity contribution in [1.29, 1.82) is 0 Å². The lowest BCUT2D eigenvalue weighted by atomic mass is 10.0. The number of halogens is 2. The van der Waals surface area contributed by atoms with Gasteiger partial charge in [0.05, 0.1) is 13.1 Å². The number of hydrogen-bond donors (Lipinski definition) is 2. The van der Waals surface area contributed by atoms with E-state index in [0.29, 0.717) is 12.1 Å². The van der Waals surface area contributed by atoms with Crippen molar-refractivity contribution in [3.8, 4) is 0 Å². The van der Waals surface area contributed by atoms with Gasteiger partial charge in [-0.15, -0.1) is 11.3 Å². The molecule has 0 spiro atoms. The van der Waals surface area contributed by atoms with E-state index >= 15 is 0 Å². The molecule has 1 aromatic rings. The predicted molar refractivity (Wildman–Crippen MR) is 75.4 cm³/mol. The van der Waals surface area contributed by atoms with Crippen LogP contribution in [0.3, 0.4) is 0 Å². The summed E-state index contributed by atoms with van der Waals surface area (Å²) >= 11 is 8.22. The first kappa shape index (κ1) is 13.5. The average molecular weight is 383 g/mol. The molecule has 94 valence electrons. The molecule has 1 amide bonds. The van der Waals surface area contributed by atoms with Crippen LogP contribution < -0.4 is 5.32 Å². The summed E-state index contributed by atoms with van der Waals surface area (Å²) in [5, 5.41) is 11.9. The maximum absolute atomic E-state index is 11.9. The van der Waals surface area contributed by atoms with E-state index < -0.39 is 0 Å². The maximum Gasteiger partial charge on any atom is 0.253 e. The second-order valence-electron chi connectivity index (χ2n) is 4.39. The monoisotopic (exact) mass is 381 g/mol. The lowest BCUT2D eigenvalue weighted by Crippen LogP contribution is -2.30. The van der Waals surface area contributed by atoms with Gasteiger partial charge < -0.3 is 10.4 Å². The van der Waals surface area contributed by atoms with E-state index in [0.717, 1.165) is 26.8 Å². The van der Waals surface area contributed by atoms with Crippen LogP contribution >= 0.6 is 43.2 Å². The molecule has 0 saturated heterocycles. The van der Waals surface area contributed by atoms with Gasteiger partial charge in [0.1, 0.15) is 0 Å². The van der Waals surface area contributed by atoms with Gasteiger partial charge in [-0.25, -0.2) is 0 Å². The van der Waals surface area contributed by atoms with Crippen LogP contribution in [0.1, 0.15) is 29.6 Å². The first-order chi connectivity index (χ1) is 8.06. The van der Waals surface area contributed by atoms with Gasteiger partial charge in [0, 0.05) is 13.2 Å². The van der Waals surface area contributed by atoms with Crippen molar-refractivity contribution in [2.75, 3.05) is 13.2 Å². The average Bonchev–Trinajstić information content (AvgIpc) is 2.95. The first-order valence-corrected chi connectivity index (χ1v) is 7.80. The van der Waals surface area contributed by atoms with E-state index in [-0.39, 0.29) is 17.9 Å². The van der Waals surface area contributed by atoms with E-state index in [1.54, 1.807) is 0 Å². The normalized spacial score (nSPS) is 16.9. The predicted octanol–water partition coefficient (Wildman–Crippen LogP) is 3.17. The van der Waals surface area contributed by atoms with Gasteiger partial charge in [0.15, 0.2) is 0 Å². The van der Waals surface area contributed by atoms with Gasteiger partial charge in [0.2, 0.25) is 0 Å². The van der Waals surface area contributed by atoms with Crippen LogP contribution in [0.4, 0.5) is 0 Å². The molecule has 0 aliphatic heterocycles. The number of thiophene rings is 1. The molecule has 2 rings (SSSR count). The summed E-state index contributed by atoms with van der Waals surface area (Å²) in [5.41, 5.74) is 0.825. The third-order valence-electron chi connectivity index (χ3n) is 3.12. The van der Waals surface area contributed by atoms with Gasteiger partial charge in [-0.1, -0.05) is 0 Å². The molecule has 1 aliphatic rings. The van der Waals surface area contributed by atoms with Crippen molar-refractivity contribution in [2.24, 2.45) is 5.41 Å². The Bertz CT molecular complexity index is 429. The fraction of sp³-hybridized carbons (Fsp3) is 0.545. The van der Waals surface area contributed by atoms with Crippen LogP contribution in [-0.4, -0.2) is 24.2 Å². The number of hydrogen-bond acceptors (Lipinski definition) is 3. The third-order valence-corrected chi connectivity index (χ3v) is 5.46. The van der Waals surface area contributed by atoms with Gasteiger partial charge >= 0.3 is 0 Å². The summed E-state index contributed by atoms with van der Waals surface area (Å²) in [6, 6.07) is 1.82. The van der Waals surface area contributed by atoms with Gasteiger partial charge in [-0.3, -0.25) is 4.79 Å². The van der Waals surface area contributed by atoms with E-state index in [1.165, 1.54) is 11.3 Å². The molecule has 0 unspecified atom stereocenters. The van der Waals surface area contributed by atoms with E-state index in [4.69, 9.17) is 5.11 Å². The molecule has 2 N–H and O–H groups in total. The summed E-state index contributed by atoms with van der Waals surface area (Å²) in [5.74, 6) is -0.0527. The molecule has 0 bridgehead atoms. The Hall–Kier alpha value is 0.0900. The first-order valence-electron chi connectivity index (χ1n) is 5.40. The molecule has 1 fully saturated rings. The molecule has 0 atom stereocenters. The molecule has 1 heterocycles. The fourth-order valence-electron chi connectivity index (χ4n) is 1.79. The van der Waals surface area contributed by atoms with Crippen molar-refractivity contribution >= 4 is 49.1 Å². The molecule has 1 saturated carbocycles. The minimum Gasteiger partial charge on any atom is -0.396 e. The molecule has 1 aromatic heterocycles. The van der Waals surface area contributed by atoms with Crippen molar-refractivity contribution in [3.63, 3.8) is 0 Å². The molecule has 17 heavy (non-hydrogen) atoms. The number of amides is 1. The van der Waals surface area contributed by atoms with Crippen LogP contribution in [0.5, 0.6) is 0 Å². The molecular formula is C11H13Br2NO2S. The van der Waals surface area contributed by atoms with Gasteiger partial charge in [-0.05, 0) is 62.6 Å². The molecule has 6 heteroatoms. The number of nitrogens with one attached hydrogen (secondary N) is 1. The molecule has 3 nitrogen and oxygen atoms in total. The SMILES string of the molecule is O=C(NCC1(CCO)CC1)c1cc(Br)sc1Br. The summed E-state index contributed by atoms with van der Waals surface area (Å²) in [6.07, 6.45) is 2.98. The molecule has 1 aliphatic carbocycles. The molecular weight excluding hydrogens is 370 g/mol. The lowest BCUT2D eigenvalue weighted by molar-refractivity contribution is 0.0940. The highest BCUT2D eigenvalue weighted by atomic mass is 79.9. The minimum absolute atomic E-state index is 0.0527. The van der Waals surface area contributed by atoms with Crippen LogP contribution in [0.15, 0.2) is 13.6 Å². The number of aliphatic hydroxyl groups excluding tert-OH is 1. The zero-order valence-electron chi connectivity index (χ0n) is 9.13. The Labute approximate surface area is 121 Å². The Kier molecular flexibility index (Phi) is 4.28. The smallest absolute Gasteiger partial charge is 0.253 e. The molecule has 0 radical (unpaired) electrons. The highest BCUT2D eigenvalue weighted by Crippen LogP contribution is 2.48. The highest BCUT2D eigenvalue weighted by molar-refractivity contribution is 9.12. The standard InChI is InChI=1S/C11H13Br2NO2S/c12-8-5-7(9(13)17-8)10(16)14-6-11(1-2-11)3-4-15/h5,15H,1-4,6H2,(H,14,16). The van der Waals surface area contributed by atoms with Gasteiger partial charge in [0.25, 0.3) is 5.91 Å². The summed E-state index contributed by atoms with van der Waals surface area (Å²) < 4.78 is 1.78. The van der Waals surface area contributed by atoms with Crippen LogP contribution in [-0.2, 0) is 0 Å². The van der Waals surface area contributed by atoms with Crippen molar-refractivity contribution < 1.29 is 9.90 Å². The van der Waals surface area contributed by atoms with Crippen LogP contribution in [0.2, 0.25) is 0 Å². The van der Waals surface area contributed by atoms with Crippen molar-refractivity contribution in [1.82, 2.24) is 5.32 Å². The second-order valence-corrected chi connectivity index (χ2v) is 8.14. The largest absolute Gasteiger partial charge is 0.396 e. The van der Waals surface area contributed by atoms with E-state index in [2.05, 4.69) is 37.2 Å². The number of carbonyl (C=O) groups is 1. The summed E-state index contributed by atoms with van der Waals surface area (Å²) in [7, 11) is 0. The number of aliphatic hydroxyl groups is 1. The second kappa shape index (κ2) is 5.38. The summed E-state index contributed by atoms with van der Waals surface area (Å²) in [6.45, 7) is 0.857. The topological polar surface area (TPSA) is 49.3 Å². The zero-order chi connectivity index (χ0) is 12.5. The fourth-order valence-corrected chi connectivity index (χ4v) is 4.58. The van der Waals surface area contributed by atoms with Gasteiger partial charge in [-0.2, -0.15) is 0 Å². The Morgan fingerprint density at radius 2 is 2.24 bits per heavy atom. The van der Waals surface area contributed by atoms with Crippen molar-refractivity contribution in [2.45, 2.75) is 19.3 Å².